The number of carbonyl (C=O) groups excluding carboxylic acids is 3. The second kappa shape index (κ2) is 8.83. The Morgan fingerprint density at radius 3 is 2.53 bits per heavy atom. The van der Waals surface area contributed by atoms with Gasteiger partial charge in [-0.3, -0.25) is 9.59 Å². The number of amides is 4. The van der Waals surface area contributed by atoms with Crippen LogP contribution in [0, 0.1) is 12.8 Å². The molecular weight excluding hydrogens is 402 g/mol. The summed E-state index contributed by atoms with van der Waals surface area (Å²) in [4.78, 5) is 43.3. The van der Waals surface area contributed by atoms with Crippen molar-refractivity contribution < 1.29 is 14.4 Å². The monoisotopic (exact) mass is 427 g/mol. The summed E-state index contributed by atoms with van der Waals surface area (Å²) in [5, 5.41) is 11.0. The fourth-order valence-electron chi connectivity index (χ4n) is 3.46. The summed E-state index contributed by atoms with van der Waals surface area (Å²) in [5.74, 6) is -0.252. The number of aryl methyl sites for hydroxylation is 1. The Kier molecular flexibility index (Phi) is 5.98. The van der Waals surface area contributed by atoms with Gasteiger partial charge in [-0.05, 0) is 50.8 Å². The van der Waals surface area contributed by atoms with Crippen LogP contribution in [0.2, 0.25) is 0 Å². The summed E-state index contributed by atoms with van der Waals surface area (Å²) >= 11 is 1.41. The van der Waals surface area contributed by atoms with E-state index in [1.165, 1.54) is 11.3 Å². The van der Waals surface area contributed by atoms with Gasteiger partial charge in [0.1, 0.15) is 0 Å². The van der Waals surface area contributed by atoms with E-state index in [4.69, 9.17) is 0 Å². The molecule has 3 N–H and O–H groups in total. The topological polar surface area (TPSA) is 103 Å². The number of anilines is 2. The highest BCUT2D eigenvalue weighted by Crippen LogP contribution is 2.23. The Morgan fingerprint density at radius 2 is 1.87 bits per heavy atom. The van der Waals surface area contributed by atoms with E-state index in [0.29, 0.717) is 42.3 Å². The van der Waals surface area contributed by atoms with Gasteiger partial charge in [-0.1, -0.05) is 6.07 Å². The first kappa shape index (κ1) is 20.3. The predicted molar refractivity (Wildman–Crippen MR) is 116 cm³/mol. The molecule has 1 saturated carbocycles. The first-order valence-corrected chi connectivity index (χ1v) is 11.1. The van der Waals surface area contributed by atoms with Gasteiger partial charge in [0.2, 0.25) is 5.91 Å². The van der Waals surface area contributed by atoms with Crippen LogP contribution < -0.4 is 16.0 Å². The fourth-order valence-corrected chi connectivity index (χ4v) is 4.15. The number of urea groups is 1. The lowest BCUT2D eigenvalue weighted by molar-refractivity contribution is -0.121. The van der Waals surface area contributed by atoms with Crippen LogP contribution >= 0.6 is 11.3 Å². The number of hydrogen-bond acceptors (Lipinski definition) is 5. The van der Waals surface area contributed by atoms with E-state index in [-0.39, 0.29) is 29.8 Å². The molecule has 2 fully saturated rings. The number of rotatable bonds is 5. The van der Waals surface area contributed by atoms with Crippen LogP contribution in [0.4, 0.5) is 15.6 Å². The molecule has 0 radical (unpaired) electrons. The van der Waals surface area contributed by atoms with Crippen molar-refractivity contribution in [2.45, 2.75) is 38.6 Å². The maximum atomic E-state index is 12.9. The van der Waals surface area contributed by atoms with Crippen molar-refractivity contribution >= 4 is 40.0 Å². The van der Waals surface area contributed by atoms with Crippen molar-refractivity contribution in [2.24, 2.45) is 5.92 Å². The fraction of sp³-hybridized carbons (Fsp3) is 0.429. The van der Waals surface area contributed by atoms with E-state index in [0.717, 1.165) is 18.5 Å². The number of hydrogen-bond donors (Lipinski definition) is 3. The molecule has 1 aliphatic heterocycles. The molecule has 158 valence electrons. The molecule has 9 heteroatoms. The van der Waals surface area contributed by atoms with Crippen LogP contribution in [-0.2, 0) is 4.79 Å². The van der Waals surface area contributed by atoms with Crippen molar-refractivity contribution in [3.63, 3.8) is 0 Å². The molecular formula is C21H25N5O3S. The van der Waals surface area contributed by atoms with Gasteiger partial charge in [0.05, 0.1) is 5.69 Å². The molecule has 0 spiro atoms. The Bertz CT molecular complexity index is 948. The summed E-state index contributed by atoms with van der Waals surface area (Å²) < 4.78 is 0. The Hall–Kier alpha value is -2.94. The van der Waals surface area contributed by atoms with Gasteiger partial charge in [0, 0.05) is 41.7 Å². The van der Waals surface area contributed by atoms with Crippen molar-refractivity contribution in [1.82, 2.24) is 15.2 Å². The van der Waals surface area contributed by atoms with E-state index in [1.807, 2.05) is 12.3 Å². The zero-order valence-electron chi connectivity index (χ0n) is 16.8. The van der Waals surface area contributed by atoms with Crippen molar-refractivity contribution in [3.05, 3.63) is 40.9 Å². The van der Waals surface area contributed by atoms with Crippen LogP contribution in [0.15, 0.2) is 29.6 Å². The summed E-state index contributed by atoms with van der Waals surface area (Å²) in [6, 6.07) is 6.99. The molecule has 1 aliphatic carbocycles. The lowest BCUT2D eigenvalue weighted by Gasteiger charge is -2.31. The highest BCUT2D eigenvalue weighted by atomic mass is 32.1. The van der Waals surface area contributed by atoms with Gasteiger partial charge >= 0.3 is 6.03 Å². The minimum Gasteiger partial charge on any atom is -0.339 e. The molecule has 0 unspecified atom stereocenters. The van der Waals surface area contributed by atoms with E-state index in [2.05, 4.69) is 20.9 Å². The minimum absolute atomic E-state index is 0.0377. The molecule has 1 aromatic heterocycles. The van der Waals surface area contributed by atoms with Crippen LogP contribution in [0.3, 0.4) is 0 Å². The molecule has 0 bridgehead atoms. The van der Waals surface area contributed by atoms with Crippen LogP contribution in [0.5, 0.6) is 0 Å². The van der Waals surface area contributed by atoms with Crippen molar-refractivity contribution in [2.75, 3.05) is 23.7 Å². The van der Waals surface area contributed by atoms with E-state index in [1.54, 1.807) is 29.2 Å². The molecule has 1 saturated heterocycles. The van der Waals surface area contributed by atoms with Gasteiger partial charge in [0.25, 0.3) is 5.91 Å². The van der Waals surface area contributed by atoms with E-state index >= 15 is 0 Å². The van der Waals surface area contributed by atoms with Crippen LogP contribution in [0.25, 0.3) is 0 Å². The Balaban J connectivity index is 1.29. The molecule has 1 aromatic carbocycles. The lowest BCUT2D eigenvalue weighted by atomic mass is 9.95. The molecule has 30 heavy (non-hydrogen) atoms. The SMILES string of the molecule is Cc1csc(NC(=O)C2CCN(C(=O)c3cccc(NC(=O)NC4CC4)c3)CC2)n1. The predicted octanol–water partition coefficient (Wildman–Crippen LogP) is 3.23. The Labute approximate surface area is 179 Å². The normalized spacial score (nSPS) is 16.8. The average molecular weight is 428 g/mol. The minimum atomic E-state index is -0.246. The molecule has 2 aliphatic rings. The van der Waals surface area contributed by atoms with Gasteiger partial charge in [0.15, 0.2) is 5.13 Å². The standard InChI is InChI=1S/C21H25N5O3S/c1-13-12-30-21(22-13)25-18(27)14-7-9-26(10-8-14)19(28)15-3-2-4-17(11-15)24-20(29)23-16-5-6-16/h2-4,11-12,14,16H,5-10H2,1H3,(H,22,25,27)(H2,23,24,29). The zero-order valence-corrected chi connectivity index (χ0v) is 17.6. The molecule has 8 nitrogen and oxygen atoms in total. The number of thiazole rings is 1. The lowest BCUT2D eigenvalue weighted by Crippen LogP contribution is -2.41. The van der Waals surface area contributed by atoms with Gasteiger partial charge in [-0.2, -0.15) is 0 Å². The van der Waals surface area contributed by atoms with Gasteiger partial charge in [-0.25, -0.2) is 9.78 Å². The molecule has 0 atom stereocenters. The summed E-state index contributed by atoms with van der Waals surface area (Å²) in [6.45, 7) is 2.93. The second-order valence-corrected chi connectivity index (χ2v) is 8.66. The quantitative estimate of drug-likeness (QED) is 0.682. The first-order chi connectivity index (χ1) is 14.5. The zero-order chi connectivity index (χ0) is 21.1. The number of carbonyl (C=O) groups is 3. The Morgan fingerprint density at radius 1 is 1.10 bits per heavy atom. The largest absolute Gasteiger partial charge is 0.339 e. The third-order valence-corrected chi connectivity index (χ3v) is 6.16. The number of nitrogens with zero attached hydrogens (tertiary/aromatic N) is 2. The number of aromatic nitrogens is 1. The smallest absolute Gasteiger partial charge is 0.319 e. The number of piperidine rings is 1. The first-order valence-electron chi connectivity index (χ1n) is 10.2. The highest BCUT2D eigenvalue weighted by Gasteiger charge is 2.28. The molecule has 2 heterocycles. The summed E-state index contributed by atoms with van der Waals surface area (Å²) in [6.07, 6.45) is 3.26. The van der Waals surface area contributed by atoms with E-state index < -0.39 is 0 Å². The second-order valence-electron chi connectivity index (χ2n) is 7.80. The maximum absolute atomic E-state index is 12.9. The third kappa shape index (κ3) is 5.15. The van der Waals surface area contributed by atoms with Crippen LogP contribution in [0.1, 0.15) is 41.7 Å². The maximum Gasteiger partial charge on any atom is 0.319 e. The number of likely N-dealkylation sites (tertiary alicyclic amines) is 1. The molecule has 2 aromatic rings. The van der Waals surface area contributed by atoms with Crippen LogP contribution in [-0.4, -0.2) is 46.9 Å². The number of nitrogens with one attached hydrogen (secondary N) is 3. The highest BCUT2D eigenvalue weighted by molar-refractivity contribution is 7.13. The number of benzene rings is 1. The summed E-state index contributed by atoms with van der Waals surface area (Å²) in [7, 11) is 0. The third-order valence-electron chi connectivity index (χ3n) is 5.28. The van der Waals surface area contributed by atoms with Crippen molar-refractivity contribution in [3.8, 4) is 0 Å². The van der Waals surface area contributed by atoms with E-state index in [9.17, 15) is 14.4 Å². The van der Waals surface area contributed by atoms with Gasteiger partial charge < -0.3 is 20.9 Å². The van der Waals surface area contributed by atoms with Crippen molar-refractivity contribution in [1.29, 1.82) is 0 Å². The molecule has 4 amide bonds. The summed E-state index contributed by atoms with van der Waals surface area (Å²) in [5.41, 5.74) is 2.00. The van der Waals surface area contributed by atoms with Gasteiger partial charge in [-0.15, -0.1) is 11.3 Å². The average Bonchev–Trinajstić information content (AvgIpc) is 3.46. The molecule has 4 rings (SSSR count).